The number of hydrogen-bond acceptors (Lipinski definition) is 4. The third-order valence-corrected chi connectivity index (χ3v) is 5.54. The van der Waals surface area contributed by atoms with Gasteiger partial charge in [-0.1, -0.05) is 12.1 Å². The second kappa shape index (κ2) is 6.55. The van der Waals surface area contributed by atoms with Gasteiger partial charge in [0.1, 0.15) is 0 Å². The largest absolute Gasteiger partial charge is 0.355 e. The number of benzene rings is 1. The van der Waals surface area contributed by atoms with Gasteiger partial charge in [-0.25, -0.2) is 8.42 Å². The molecule has 1 atom stereocenters. The molecule has 1 aliphatic rings. The highest BCUT2D eigenvalue weighted by molar-refractivity contribution is 7.89. The Balaban J connectivity index is 2.24. The molecule has 1 aromatic rings. The first-order valence-corrected chi connectivity index (χ1v) is 8.43. The van der Waals surface area contributed by atoms with Crippen LogP contribution in [-0.2, 0) is 14.8 Å². The lowest BCUT2D eigenvalue weighted by molar-refractivity contribution is -0.120. The number of carbonyl (C=O) groups is 1. The van der Waals surface area contributed by atoms with Crippen molar-refractivity contribution in [3.05, 3.63) is 29.8 Å². The summed E-state index contributed by atoms with van der Waals surface area (Å²) in [5, 5.41) is 5.78. The summed E-state index contributed by atoms with van der Waals surface area (Å²) in [6.07, 6.45) is 0.625. The van der Waals surface area contributed by atoms with Gasteiger partial charge in [-0.2, -0.15) is 4.31 Å². The molecule has 1 fully saturated rings. The van der Waals surface area contributed by atoms with Gasteiger partial charge in [0.2, 0.25) is 15.9 Å². The minimum Gasteiger partial charge on any atom is -0.355 e. The Bertz CT molecular complexity index is 598. The van der Waals surface area contributed by atoms with Crippen LogP contribution in [0.3, 0.4) is 0 Å². The molecule has 0 aromatic heterocycles. The first-order valence-electron chi connectivity index (χ1n) is 6.99. The number of nitrogens with one attached hydrogen (secondary N) is 2. The van der Waals surface area contributed by atoms with Gasteiger partial charge in [-0.05, 0) is 38.1 Å². The van der Waals surface area contributed by atoms with Crippen LogP contribution in [0.2, 0.25) is 0 Å². The van der Waals surface area contributed by atoms with Crippen LogP contribution < -0.4 is 10.6 Å². The number of rotatable bonds is 4. The summed E-state index contributed by atoms with van der Waals surface area (Å²) in [7, 11) is -1.76. The van der Waals surface area contributed by atoms with E-state index in [0.29, 0.717) is 19.5 Å². The molecule has 7 heteroatoms. The van der Waals surface area contributed by atoms with E-state index in [-0.39, 0.29) is 23.4 Å². The zero-order chi connectivity index (χ0) is 15.5. The summed E-state index contributed by atoms with van der Waals surface area (Å²) in [6, 6.07) is 6.95. The van der Waals surface area contributed by atoms with Crippen molar-refractivity contribution < 1.29 is 13.2 Å². The molecular weight excluding hydrogens is 290 g/mol. The second-order valence-electron chi connectivity index (χ2n) is 5.12. The summed E-state index contributed by atoms with van der Waals surface area (Å²) in [5.41, 5.74) is 1.02. The van der Waals surface area contributed by atoms with E-state index in [1.807, 2.05) is 14.0 Å². The van der Waals surface area contributed by atoms with E-state index >= 15 is 0 Å². The molecule has 0 radical (unpaired) electrons. The van der Waals surface area contributed by atoms with Crippen molar-refractivity contribution in [1.29, 1.82) is 0 Å². The molecule has 0 aliphatic carbocycles. The number of hydrogen-bond donors (Lipinski definition) is 2. The lowest BCUT2D eigenvalue weighted by Gasteiger charge is -2.19. The number of sulfonamides is 1. The highest BCUT2D eigenvalue weighted by atomic mass is 32.2. The minimum absolute atomic E-state index is 0.114. The Kier molecular flexibility index (Phi) is 4.97. The molecule has 1 heterocycles. The van der Waals surface area contributed by atoms with Crippen molar-refractivity contribution in [2.24, 2.45) is 0 Å². The second-order valence-corrected chi connectivity index (χ2v) is 7.06. The molecule has 1 aliphatic heterocycles. The summed E-state index contributed by atoms with van der Waals surface area (Å²) in [4.78, 5) is 11.8. The van der Waals surface area contributed by atoms with E-state index in [2.05, 4.69) is 10.6 Å². The van der Waals surface area contributed by atoms with Crippen LogP contribution in [0.15, 0.2) is 29.2 Å². The lowest BCUT2D eigenvalue weighted by atomic mass is 10.1. The molecule has 1 unspecified atom stereocenters. The molecule has 21 heavy (non-hydrogen) atoms. The van der Waals surface area contributed by atoms with Crippen molar-refractivity contribution in [3.63, 3.8) is 0 Å². The molecule has 2 N–H and O–H groups in total. The predicted molar refractivity (Wildman–Crippen MR) is 80.3 cm³/mol. The summed E-state index contributed by atoms with van der Waals surface area (Å²) >= 11 is 0. The summed E-state index contributed by atoms with van der Waals surface area (Å²) in [6.45, 7) is 2.76. The van der Waals surface area contributed by atoms with Crippen LogP contribution in [0.4, 0.5) is 0 Å². The average molecular weight is 311 g/mol. The maximum atomic E-state index is 12.6. The van der Waals surface area contributed by atoms with Crippen molar-refractivity contribution in [2.45, 2.75) is 24.3 Å². The SMILES string of the molecule is CNC(C)c1ccc(S(=O)(=O)N2CCCNC(=O)C2)cc1. The van der Waals surface area contributed by atoms with Crippen LogP contribution in [0, 0.1) is 0 Å². The van der Waals surface area contributed by atoms with Crippen LogP contribution in [0.25, 0.3) is 0 Å². The highest BCUT2D eigenvalue weighted by Gasteiger charge is 2.27. The fraction of sp³-hybridized carbons (Fsp3) is 0.500. The van der Waals surface area contributed by atoms with E-state index in [1.165, 1.54) is 4.31 Å². The molecule has 0 bridgehead atoms. The van der Waals surface area contributed by atoms with E-state index in [1.54, 1.807) is 24.3 Å². The highest BCUT2D eigenvalue weighted by Crippen LogP contribution is 2.20. The Morgan fingerprint density at radius 2 is 1.95 bits per heavy atom. The van der Waals surface area contributed by atoms with Crippen molar-refractivity contribution in [1.82, 2.24) is 14.9 Å². The lowest BCUT2D eigenvalue weighted by Crippen LogP contribution is -2.37. The fourth-order valence-electron chi connectivity index (χ4n) is 2.23. The maximum Gasteiger partial charge on any atom is 0.243 e. The Labute approximate surface area is 125 Å². The first-order chi connectivity index (χ1) is 9.95. The van der Waals surface area contributed by atoms with Gasteiger partial charge < -0.3 is 10.6 Å². The third kappa shape index (κ3) is 3.61. The molecular formula is C14H21N3O3S. The van der Waals surface area contributed by atoms with Crippen LogP contribution in [-0.4, -0.2) is 45.3 Å². The molecule has 1 saturated heterocycles. The van der Waals surface area contributed by atoms with Gasteiger partial charge in [-0.3, -0.25) is 4.79 Å². The molecule has 1 amide bonds. The Hall–Kier alpha value is -1.44. The normalized spacial score (nSPS) is 18.9. The smallest absolute Gasteiger partial charge is 0.243 e. The van der Waals surface area contributed by atoms with Crippen LogP contribution >= 0.6 is 0 Å². The zero-order valence-corrected chi connectivity index (χ0v) is 13.1. The minimum atomic E-state index is -3.62. The maximum absolute atomic E-state index is 12.6. The van der Waals surface area contributed by atoms with E-state index in [9.17, 15) is 13.2 Å². The Morgan fingerprint density at radius 3 is 2.57 bits per heavy atom. The van der Waals surface area contributed by atoms with Crippen molar-refractivity contribution in [3.8, 4) is 0 Å². The fourth-order valence-corrected chi connectivity index (χ4v) is 3.66. The van der Waals surface area contributed by atoms with Gasteiger partial charge in [0.25, 0.3) is 0 Å². The number of nitrogens with zero attached hydrogens (tertiary/aromatic N) is 1. The van der Waals surface area contributed by atoms with Crippen LogP contribution in [0.1, 0.15) is 24.9 Å². The average Bonchev–Trinajstić information content (AvgIpc) is 2.71. The van der Waals surface area contributed by atoms with Gasteiger partial charge >= 0.3 is 0 Å². The van der Waals surface area contributed by atoms with Gasteiger partial charge in [0, 0.05) is 19.1 Å². The van der Waals surface area contributed by atoms with E-state index in [4.69, 9.17) is 0 Å². The zero-order valence-electron chi connectivity index (χ0n) is 12.3. The number of carbonyl (C=O) groups excluding carboxylic acids is 1. The van der Waals surface area contributed by atoms with Crippen molar-refractivity contribution >= 4 is 15.9 Å². The molecule has 1 aromatic carbocycles. The predicted octanol–water partition coefficient (Wildman–Crippen LogP) is 0.478. The first kappa shape index (κ1) is 15.9. The summed E-state index contributed by atoms with van der Waals surface area (Å²) in [5.74, 6) is -0.253. The van der Waals surface area contributed by atoms with Crippen molar-refractivity contribution in [2.75, 3.05) is 26.7 Å². The van der Waals surface area contributed by atoms with E-state index < -0.39 is 10.0 Å². The molecule has 116 valence electrons. The van der Waals surface area contributed by atoms with E-state index in [0.717, 1.165) is 5.56 Å². The molecule has 6 nitrogen and oxygen atoms in total. The molecule has 2 rings (SSSR count). The topological polar surface area (TPSA) is 78.5 Å². The third-order valence-electron chi connectivity index (χ3n) is 3.68. The number of amides is 1. The monoisotopic (exact) mass is 311 g/mol. The summed E-state index contributed by atoms with van der Waals surface area (Å²) < 4.78 is 26.4. The molecule has 0 saturated carbocycles. The Morgan fingerprint density at radius 1 is 1.29 bits per heavy atom. The molecule has 0 spiro atoms. The van der Waals surface area contributed by atoms with Crippen LogP contribution in [0.5, 0.6) is 0 Å². The van der Waals surface area contributed by atoms with Gasteiger partial charge in [0.05, 0.1) is 11.4 Å². The quantitative estimate of drug-likeness (QED) is 0.848. The van der Waals surface area contributed by atoms with Gasteiger partial charge in [0.15, 0.2) is 0 Å². The standard InChI is InChI=1S/C14H21N3O3S/c1-11(15-2)12-4-6-13(7-5-12)21(19,20)17-9-3-8-16-14(18)10-17/h4-7,11,15H,3,8-10H2,1-2H3,(H,16,18). The van der Waals surface area contributed by atoms with Gasteiger partial charge in [-0.15, -0.1) is 0 Å².